The third kappa shape index (κ3) is 5.49. The van der Waals surface area contributed by atoms with E-state index in [-0.39, 0.29) is 30.3 Å². The van der Waals surface area contributed by atoms with Crippen LogP contribution in [-0.4, -0.2) is 63.9 Å². The van der Waals surface area contributed by atoms with Crippen LogP contribution in [0, 0.1) is 13.8 Å². The van der Waals surface area contributed by atoms with E-state index in [1.807, 2.05) is 13.8 Å². The summed E-state index contributed by atoms with van der Waals surface area (Å²) in [6, 6.07) is 2.89. The summed E-state index contributed by atoms with van der Waals surface area (Å²) in [7, 11) is -1.54. The summed E-state index contributed by atoms with van der Waals surface area (Å²) in [6.07, 6.45) is 0.440. The molecule has 0 saturated carbocycles. The largest absolute Gasteiger partial charge is 0.473 e. The van der Waals surface area contributed by atoms with E-state index in [0.717, 1.165) is 11.1 Å². The van der Waals surface area contributed by atoms with Gasteiger partial charge in [0.05, 0.1) is 18.1 Å². The van der Waals surface area contributed by atoms with Crippen molar-refractivity contribution >= 4 is 27.5 Å². The van der Waals surface area contributed by atoms with E-state index >= 15 is 0 Å². The normalized spacial score (nSPS) is 18.5. The molecule has 1 unspecified atom stereocenters. The molecule has 0 radical (unpaired) electrons. The molecule has 1 aromatic rings. The molecule has 7 nitrogen and oxygen atoms in total. The van der Waals surface area contributed by atoms with E-state index in [2.05, 4.69) is 5.32 Å². The Kier molecular flexibility index (Phi) is 7.14. The summed E-state index contributed by atoms with van der Waals surface area (Å²) >= 11 is 6.13. The van der Waals surface area contributed by atoms with E-state index in [1.165, 1.54) is 12.0 Å². The molecule has 0 spiro atoms. The summed E-state index contributed by atoms with van der Waals surface area (Å²) in [5.74, 6) is 0.700. The van der Waals surface area contributed by atoms with Gasteiger partial charge in [-0.05, 0) is 43.5 Å². The van der Waals surface area contributed by atoms with Crippen LogP contribution in [0.1, 0.15) is 17.5 Å². The second-order valence-corrected chi connectivity index (χ2v) is 8.99. The van der Waals surface area contributed by atoms with Gasteiger partial charge in [0, 0.05) is 24.7 Å². The minimum Gasteiger partial charge on any atom is -0.473 e. The molecule has 9 heteroatoms. The number of hydrogen-bond donors (Lipinski definition) is 1. The van der Waals surface area contributed by atoms with Gasteiger partial charge in [0.25, 0.3) is 0 Å². The van der Waals surface area contributed by atoms with Crippen molar-refractivity contribution in [3.8, 4) is 5.75 Å². The molecule has 146 valence electrons. The Morgan fingerprint density at radius 3 is 2.54 bits per heavy atom. The van der Waals surface area contributed by atoms with Crippen LogP contribution >= 0.6 is 11.6 Å². The molecule has 1 fully saturated rings. The molecule has 0 bridgehead atoms. The van der Waals surface area contributed by atoms with Gasteiger partial charge < -0.3 is 19.7 Å². The summed E-state index contributed by atoms with van der Waals surface area (Å²) in [6.45, 7) is 4.39. The van der Waals surface area contributed by atoms with Gasteiger partial charge in [0.1, 0.15) is 5.75 Å². The number of carbonyl (C=O) groups is 1. The number of sulfone groups is 1. The van der Waals surface area contributed by atoms with E-state index < -0.39 is 9.84 Å². The van der Waals surface area contributed by atoms with Crippen molar-refractivity contribution < 1.29 is 22.7 Å². The maximum atomic E-state index is 12.5. The molecule has 0 aliphatic carbocycles. The number of halogens is 1. The second kappa shape index (κ2) is 8.92. The zero-order valence-corrected chi connectivity index (χ0v) is 16.8. The Labute approximate surface area is 159 Å². The number of nitrogens with one attached hydrogen (secondary N) is 1. The number of benzene rings is 1. The van der Waals surface area contributed by atoms with E-state index in [4.69, 9.17) is 21.1 Å². The number of methoxy groups -OCH3 is 1. The number of amides is 2. The SMILES string of the molecule is COCCN(C(=O)NCOc1cc(C)c(Cl)c(C)c1)C1CCS(=O)(=O)C1. The smallest absolute Gasteiger partial charge is 0.320 e. The first-order chi connectivity index (χ1) is 12.2. The topological polar surface area (TPSA) is 84.9 Å². The molecule has 1 saturated heterocycles. The molecule has 2 rings (SSSR count). The fraction of sp³-hybridized carbons (Fsp3) is 0.588. The summed E-state index contributed by atoms with van der Waals surface area (Å²) in [5.41, 5.74) is 1.79. The highest BCUT2D eigenvalue weighted by atomic mass is 35.5. The Hall–Kier alpha value is -1.51. The van der Waals surface area contributed by atoms with Crippen LogP contribution in [0.3, 0.4) is 0 Å². The van der Waals surface area contributed by atoms with Crippen LogP contribution < -0.4 is 10.1 Å². The monoisotopic (exact) mass is 404 g/mol. The van der Waals surface area contributed by atoms with Crippen LogP contribution in [0.4, 0.5) is 4.79 Å². The summed E-state index contributed by atoms with van der Waals surface area (Å²) in [4.78, 5) is 14.0. The van der Waals surface area contributed by atoms with Crippen molar-refractivity contribution in [1.29, 1.82) is 0 Å². The minimum absolute atomic E-state index is 0.0133. The third-order valence-electron chi connectivity index (χ3n) is 4.32. The highest BCUT2D eigenvalue weighted by Crippen LogP contribution is 2.25. The maximum Gasteiger partial charge on any atom is 0.320 e. The van der Waals surface area contributed by atoms with Gasteiger partial charge in [-0.1, -0.05) is 11.6 Å². The number of nitrogens with zero attached hydrogens (tertiary/aromatic N) is 1. The zero-order chi connectivity index (χ0) is 19.3. The molecule has 0 aromatic heterocycles. The Morgan fingerprint density at radius 2 is 2.00 bits per heavy atom. The first-order valence-corrected chi connectivity index (χ1v) is 10.6. The standard InChI is InChI=1S/C17H25ClN2O5S/c1-12-8-15(9-13(2)16(12)18)25-11-19-17(21)20(5-6-24-3)14-4-7-26(22,23)10-14/h8-9,14H,4-7,10-11H2,1-3H3,(H,19,21). The zero-order valence-electron chi connectivity index (χ0n) is 15.2. The minimum atomic E-state index is -3.08. The van der Waals surface area contributed by atoms with Crippen LogP contribution in [0.2, 0.25) is 5.02 Å². The molecule has 1 N–H and O–H groups in total. The molecule has 1 aliphatic heterocycles. The average Bonchev–Trinajstić information content (AvgIpc) is 2.92. The quantitative estimate of drug-likeness (QED) is 0.704. The lowest BCUT2D eigenvalue weighted by molar-refractivity contribution is 0.129. The summed E-state index contributed by atoms with van der Waals surface area (Å²) in [5, 5.41) is 3.37. The lowest BCUT2D eigenvalue weighted by atomic mass is 10.1. The number of urea groups is 1. The molecule has 1 heterocycles. The van der Waals surface area contributed by atoms with Gasteiger partial charge in [-0.25, -0.2) is 13.2 Å². The molecule has 1 aliphatic rings. The number of ether oxygens (including phenoxy) is 2. The Morgan fingerprint density at radius 1 is 1.35 bits per heavy atom. The Balaban J connectivity index is 1.94. The predicted octanol–water partition coefficient (Wildman–Crippen LogP) is 2.14. The lowest BCUT2D eigenvalue weighted by Crippen LogP contribution is -2.49. The van der Waals surface area contributed by atoms with E-state index in [1.54, 1.807) is 12.1 Å². The van der Waals surface area contributed by atoms with Crippen molar-refractivity contribution in [2.45, 2.75) is 26.3 Å². The van der Waals surface area contributed by atoms with Crippen molar-refractivity contribution in [3.63, 3.8) is 0 Å². The van der Waals surface area contributed by atoms with Crippen molar-refractivity contribution in [2.24, 2.45) is 0 Å². The maximum absolute atomic E-state index is 12.5. The van der Waals surface area contributed by atoms with Gasteiger partial charge in [-0.15, -0.1) is 0 Å². The van der Waals surface area contributed by atoms with Gasteiger partial charge >= 0.3 is 6.03 Å². The van der Waals surface area contributed by atoms with Crippen molar-refractivity contribution in [2.75, 3.05) is 38.5 Å². The first kappa shape index (κ1) is 20.8. The van der Waals surface area contributed by atoms with Crippen molar-refractivity contribution in [1.82, 2.24) is 10.2 Å². The molecular formula is C17H25ClN2O5S. The van der Waals surface area contributed by atoms with Gasteiger partial charge in [0.2, 0.25) is 0 Å². The summed E-state index contributed by atoms with van der Waals surface area (Å²) < 4.78 is 34.0. The van der Waals surface area contributed by atoms with Crippen LogP contribution in [0.25, 0.3) is 0 Å². The molecule has 1 atom stereocenters. The highest BCUT2D eigenvalue weighted by molar-refractivity contribution is 7.91. The second-order valence-electron chi connectivity index (χ2n) is 6.38. The number of hydrogen-bond acceptors (Lipinski definition) is 5. The average molecular weight is 405 g/mol. The van der Waals surface area contributed by atoms with E-state index in [0.29, 0.717) is 30.3 Å². The predicted molar refractivity (Wildman–Crippen MR) is 101 cm³/mol. The first-order valence-electron chi connectivity index (χ1n) is 8.37. The molecule has 26 heavy (non-hydrogen) atoms. The van der Waals surface area contributed by atoms with Crippen LogP contribution in [0.15, 0.2) is 12.1 Å². The number of rotatable bonds is 7. The van der Waals surface area contributed by atoms with Gasteiger partial charge in [0.15, 0.2) is 16.6 Å². The van der Waals surface area contributed by atoms with E-state index in [9.17, 15) is 13.2 Å². The molecule has 2 amide bonds. The van der Waals surface area contributed by atoms with Crippen LogP contribution in [-0.2, 0) is 14.6 Å². The molecule has 1 aromatic carbocycles. The molecular weight excluding hydrogens is 380 g/mol. The fourth-order valence-corrected chi connectivity index (χ4v) is 4.77. The van der Waals surface area contributed by atoms with Gasteiger partial charge in [-0.2, -0.15) is 0 Å². The van der Waals surface area contributed by atoms with Gasteiger partial charge in [-0.3, -0.25) is 0 Å². The number of aryl methyl sites for hydroxylation is 2. The fourth-order valence-electron chi connectivity index (χ4n) is 2.93. The number of carbonyl (C=O) groups excluding carboxylic acids is 1. The van der Waals surface area contributed by atoms with Crippen LogP contribution in [0.5, 0.6) is 5.75 Å². The third-order valence-corrected chi connectivity index (χ3v) is 6.67. The highest BCUT2D eigenvalue weighted by Gasteiger charge is 2.34. The lowest BCUT2D eigenvalue weighted by Gasteiger charge is -2.28. The Bertz CT molecular complexity index is 731. The van der Waals surface area contributed by atoms with Crippen molar-refractivity contribution in [3.05, 3.63) is 28.3 Å².